The second kappa shape index (κ2) is 5.18. The molecule has 0 fully saturated rings. The van der Waals surface area contributed by atoms with Gasteiger partial charge in [0.1, 0.15) is 11.6 Å². The highest BCUT2D eigenvalue weighted by molar-refractivity contribution is 9.10. The number of nitrogens with zero attached hydrogens (tertiary/aromatic N) is 2. The highest BCUT2D eigenvalue weighted by Gasteiger charge is 2.04. The summed E-state index contributed by atoms with van der Waals surface area (Å²) >= 11 is 3.20. The number of rotatable bonds is 3. The average Bonchev–Trinajstić information content (AvgIpc) is 2.32. The van der Waals surface area contributed by atoms with Gasteiger partial charge in [0.15, 0.2) is 0 Å². The molecule has 0 radical (unpaired) electrons. The fraction of sp³-hybridized carbons (Fsp3) is 0.0909. The van der Waals surface area contributed by atoms with Crippen molar-refractivity contribution < 1.29 is 8.78 Å². The van der Waals surface area contributed by atoms with Gasteiger partial charge >= 0.3 is 0 Å². The maximum atomic E-state index is 13.3. The van der Waals surface area contributed by atoms with E-state index in [1.165, 1.54) is 0 Å². The van der Waals surface area contributed by atoms with E-state index in [0.29, 0.717) is 5.95 Å². The second-order valence-electron chi connectivity index (χ2n) is 3.31. The molecule has 0 bridgehead atoms. The zero-order valence-corrected chi connectivity index (χ0v) is 10.2. The Morgan fingerprint density at radius 2 is 1.88 bits per heavy atom. The highest BCUT2D eigenvalue weighted by atomic mass is 79.9. The fourth-order valence-electron chi connectivity index (χ4n) is 1.26. The second-order valence-corrected chi connectivity index (χ2v) is 4.23. The van der Waals surface area contributed by atoms with Gasteiger partial charge in [-0.1, -0.05) is 0 Å². The molecule has 1 heterocycles. The quantitative estimate of drug-likeness (QED) is 0.946. The number of hydrogen-bond acceptors (Lipinski definition) is 3. The summed E-state index contributed by atoms with van der Waals surface area (Å²) in [4.78, 5) is 7.92. The van der Waals surface area contributed by atoms with Gasteiger partial charge in [0.05, 0.1) is 4.47 Å². The van der Waals surface area contributed by atoms with Crippen LogP contribution in [0.3, 0.4) is 0 Å². The third kappa shape index (κ3) is 3.20. The van der Waals surface area contributed by atoms with E-state index in [4.69, 9.17) is 0 Å². The highest BCUT2D eigenvalue weighted by Crippen LogP contribution is 2.12. The summed E-state index contributed by atoms with van der Waals surface area (Å²) in [5.74, 6) is -0.576. The van der Waals surface area contributed by atoms with Crippen molar-refractivity contribution >= 4 is 21.9 Å². The van der Waals surface area contributed by atoms with Crippen molar-refractivity contribution in [3.05, 3.63) is 52.3 Å². The molecule has 6 heteroatoms. The van der Waals surface area contributed by atoms with E-state index in [0.717, 1.165) is 22.7 Å². The maximum absolute atomic E-state index is 13.3. The van der Waals surface area contributed by atoms with Crippen LogP contribution >= 0.6 is 15.9 Å². The van der Waals surface area contributed by atoms with E-state index in [-0.39, 0.29) is 12.1 Å². The predicted molar refractivity (Wildman–Crippen MR) is 63.4 cm³/mol. The van der Waals surface area contributed by atoms with Crippen LogP contribution in [0.1, 0.15) is 5.56 Å². The first kappa shape index (κ1) is 11.9. The van der Waals surface area contributed by atoms with Crippen LogP contribution in [0.5, 0.6) is 0 Å². The van der Waals surface area contributed by atoms with Gasteiger partial charge in [-0.05, 0) is 34.1 Å². The average molecular weight is 300 g/mol. The van der Waals surface area contributed by atoms with Crippen LogP contribution < -0.4 is 5.32 Å². The molecule has 1 aromatic heterocycles. The van der Waals surface area contributed by atoms with Gasteiger partial charge < -0.3 is 5.32 Å². The van der Waals surface area contributed by atoms with Crippen molar-refractivity contribution in [1.82, 2.24) is 9.97 Å². The Balaban J connectivity index is 2.07. The Bertz CT molecular complexity index is 517. The summed E-state index contributed by atoms with van der Waals surface area (Å²) in [6, 6.07) is 3.31. The molecule has 0 saturated carbocycles. The molecule has 2 rings (SSSR count). The van der Waals surface area contributed by atoms with Crippen LogP contribution in [0.15, 0.2) is 35.1 Å². The Morgan fingerprint density at radius 3 is 2.59 bits per heavy atom. The molecule has 0 saturated heterocycles. The standard InChI is InChI=1S/C11H8BrF2N3/c12-8-5-16-11(17-6-8)15-4-7-3-9(13)1-2-10(7)14/h1-3,5-6H,4H2,(H,15,16,17). The molecular formula is C11H8BrF2N3. The minimum atomic E-state index is -0.472. The van der Waals surface area contributed by atoms with Gasteiger partial charge in [-0.2, -0.15) is 0 Å². The summed E-state index contributed by atoms with van der Waals surface area (Å²) in [6.07, 6.45) is 3.13. The van der Waals surface area contributed by atoms with Gasteiger partial charge in [-0.3, -0.25) is 0 Å². The first-order valence-corrected chi connectivity index (χ1v) is 5.60. The number of benzene rings is 1. The van der Waals surface area contributed by atoms with Crippen LogP contribution in [0.2, 0.25) is 0 Å². The summed E-state index contributed by atoms with van der Waals surface area (Å²) in [5, 5.41) is 2.81. The first-order chi connectivity index (χ1) is 8.15. The molecule has 0 aliphatic carbocycles. The Morgan fingerprint density at radius 1 is 1.18 bits per heavy atom. The van der Waals surface area contributed by atoms with Crippen molar-refractivity contribution in [2.24, 2.45) is 0 Å². The smallest absolute Gasteiger partial charge is 0.222 e. The Labute approximate surface area is 105 Å². The lowest BCUT2D eigenvalue weighted by Gasteiger charge is -2.05. The Hall–Kier alpha value is -1.56. The van der Waals surface area contributed by atoms with E-state index < -0.39 is 11.6 Å². The van der Waals surface area contributed by atoms with E-state index in [1.807, 2.05) is 0 Å². The van der Waals surface area contributed by atoms with Gasteiger partial charge in [-0.25, -0.2) is 18.7 Å². The van der Waals surface area contributed by atoms with Crippen LogP contribution in [-0.2, 0) is 6.54 Å². The minimum absolute atomic E-state index is 0.130. The van der Waals surface area contributed by atoms with Gasteiger partial charge in [0, 0.05) is 24.5 Å². The SMILES string of the molecule is Fc1ccc(F)c(CNc2ncc(Br)cn2)c1. The normalized spacial score (nSPS) is 10.3. The number of hydrogen-bond donors (Lipinski definition) is 1. The molecule has 0 aliphatic heterocycles. The maximum Gasteiger partial charge on any atom is 0.222 e. The summed E-state index contributed by atoms with van der Waals surface area (Å²) in [7, 11) is 0. The lowest BCUT2D eigenvalue weighted by atomic mass is 10.2. The lowest BCUT2D eigenvalue weighted by Crippen LogP contribution is -2.05. The molecular weight excluding hydrogens is 292 g/mol. The van der Waals surface area contributed by atoms with Crippen molar-refractivity contribution in [3.8, 4) is 0 Å². The first-order valence-electron chi connectivity index (χ1n) is 4.80. The predicted octanol–water partition coefficient (Wildman–Crippen LogP) is 3.13. The monoisotopic (exact) mass is 299 g/mol. The zero-order chi connectivity index (χ0) is 12.3. The van der Waals surface area contributed by atoms with Gasteiger partial charge in [-0.15, -0.1) is 0 Å². The van der Waals surface area contributed by atoms with E-state index in [9.17, 15) is 8.78 Å². The van der Waals surface area contributed by atoms with E-state index in [2.05, 4.69) is 31.2 Å². The zero-order valence-electron chi connectivity index (χ0n) is 8.62. The van der Waals surface area contributed by atoms with Crippen LogP contribution in [0.25, 0.3) is 0 Å². The number of anilines is 1. The molecule has 0 amide bonds. The van der Waals surface area contributed by atoms with E-state index >= 15 is 0 Å². The molecule has 2 aromatic rings. The molecule has 0 spiro atoms. The minimum Gasteiger partial charge on any atom is -0.350 e. The topological polar surface area (TPSA) is 37.8 Å². The molecule has 1 aromatic carbocycles. The number of aromatic nitrogens is 2. The van der Waals surface area contributed by atoms with Crippen molar-refractivity contribution in [1.29, 1.82) is 0 Å². The van der Waals surface area contributed by atoms with Crippen molar-refractivity contribution in [2.45, 2.75) is 6.54 Å². The lowest BCUT2D eigenvalue weighted by molar-refractivity contribution is 0.587. The van der Waals surface area contributed by atoms with E-state index in [1.54, 1.807) is 12.4 Å². The molecule has 0 atom stereocenters. The summed E-state index contributed by atoms with van der Waals surface area (Å²) < 4.78 is 26.9. The third-order valence-electron chi connectivity index (χ3n) is 2.07. The van der Waals surface area contributed by atoms with Crippen LogP contribution in [-0.4, -0.2) is 9.97 Å². The molecule has 88 valence electrons. The number of halogens is 3. The van der Waals surface area contributed by atoms with Crippen LogP contribution in [0.4, 0.5) is 14.7 Å². The fourth-order valence-corrected chi connectivity index (χ4v) is 1.46. The van der Waals surface area contributed by atoms with Gasteiger partial charge in [0.25, 0.3) is 0 Å². The Kier molecular flexibility index (Phi) is 3.63. The van der Waals surface area contributed by atoms with Crippen molar-refractivity contribution in [2.75, 3.05) is 5.32 Å². The molecule has 17 heavy (non-hydrogen) atoms. The molecule has 0 unspecified atom stereocenters. The van der Waals surface area contributed by atoms with Crippen LogP contribution in [0, 0.1) is 11.6 Å². The largest absolute Gasteiger partial charge is 0.350 e. The van der Waals surface area contributed by atoms with Gasteiger partial charge in [0.2, 0.25) is 5.95 Å². The number of nitrogens with one attached hydrogen (secondary N) is 1. The third-order valence-corrected chi connectivity index (χ3v) is 2.47. The summed E-state index contributed by atoms with van der Waals surface area (Å²) in [6.45, 7) is 0.130. The summed E-state index contributed by atoms with van der Waals surface area (Å²) in [5.41, 5.74) is 0.233. The molecule has 3 nitrogen and oxygen atoms in total. The van der Waals surface area contributed by atoms with Crippen molar-refractivity contribution in [3.63, 3.8) is 0 Å². The molecule has 0 aliphatic rings. The molecule has 1 N–H and O–H groups in total.